The minimum Gasteiger partial charge on any atom is -0.364 e. The summed E-state index contributed by atoms with van der Waals surface area (Å²) in [6.07, 6.45) is 14.1. The molecule has 0 radical (unpaired) electrons. The molecule has 0 N–H and O–H groups in total. The van der Waals surface area contributed by atoms with Crippen molar-refractivity contribution in [1.29, 1.82) is 0 Å². The molecule has 19 heavy (non-hydrogen) atoms. The van der Waals surface area contributed by atoms with Crippen LogP contribution < -0.4 is 4.90 Å². The predicted octanol–water partition coefficient (Wildman–Crippen LogP) is 4.74. The van der Waals surface area contributed by atoms with Crippen molar-refractivity contribution in [3.8, 4) is 0 Å². The van der Waals surface area contributed by atoms with E-state index < -0.39 is 0 Å². The average molecular weight is 253 g/mol. The van der Waals surface area contributed by atoms with Gasteiger partial charge in [0, 0.05) is 18.8 Å². The van der Waals surface area contributed by atoms with E-state index in [0.29, 0.717) is 0 Å². The average Bonchev–Trinajstić information content (AvgIpc) is 2.48. The van der Waals surface area contributed by atoms with E-state index in [0.717, 1.165) is 13.1 Å². The Labute approximate surface area is 116 Å². The molecule has 1 aliphatic carbocycles. The lowest BCUT2D eigenvalue weighted by Gasteiger charge is -2.21. The Bertz CT molecular complexity index is 442. The zero-order chi connectivity index (χ0) is 13.3. The smallest absolute Gasteiger partial charge is 0.0371 e. The molecule has 1 heteroatoms. The van der Waals surface area contributed by atoms with Crippen LogP contribution in [0.3, 0.4) is 0 Å². The van der Waals surface area contributed by atoms with Crippen molar-refractivity contribution in [3.05, 3.63) is 66.8 Å². The van der Waals surface area contributed by atoms with Gasteiger partial charge in [-0.25, -0.2) is 0 Å². The maximum Gasteiger partial charge on any atom is 0.0371 e. The maximum absolute atomic E-state index is 3.85. The molecule has 0 aliphatic heterocycles. The molecule has 0 spiro atoms. The molecule has 0 unspecified atom stereocenters. The largest absolute Gasteiger partial charge is 0.364 e. The summed E-state index contributed by atoms with van der Waals surface area (Å²) in [7, 11) is 0. The third-order valence-corrected chi connectivity index (χ3v) is 3.45. The minimum atomic E-state index is 0.882. The van der Waals surface area contributed by atoms with E-state index >= 15 is 0 Å². The molecule has 0 saturated heterocycles. The summed E-state index contributed by atoms with van der Waals surface area (Å²) in [4.78, 5) is 2.33. The quantitative estimate of drug-likeness (QED) is 0.662. The molecular weight excluding hydrogens is 230 g/mol. The molecule has 1 aromatic rings. The highest BCUT2D eigenvalue weighted by Gasteiger charge is 2.02. The summed E-state index contributed by atoms with van der Waals surface area (Å²) in [6.45, 7) is 5.67. The number of rotatable bonds is 6. The zero-order valence-corrected chi connectivity index (χ0v) is 11.6. The monoisotopic (exact) mass is 253 g/mol. The van der Waals surface area contributed by atoms with Crippen molar-refractivity contribution in [3.63, 3.8) is 0 Å². The molecule has 0 amide bonds. The van der Waals surface area contributed by atoms with E-state index in [9.17, 15) is 0 Å². The van der Waals surface area contributed by atoms with Crippen LogP contribution in [0.4, 0.5) is 5.69 Å². The minimum absolute atomic E-state index is 0.882. The Hall–Kier alpha value is -1.76. The summed E-state index contributed by atoms with van der Waals surface area (Å²) in [5, 5.41) is 0. The number of allylic oxidation sites excluding steroid dienone is 3. The molecule has 0 fully saturated rings. The van der Waals surface area contributed by atoms with Gasteiger partial charge in [-0.15, -0.1) is 6.58 Å². The summed E-state index contributed by atoms with van der Waals surface area (Å²) in [5.41, 5.74) is 2.75. The molecule has 2 rings (SSSR count). The van der Waals surface area contributed by atoms with Crippen molar-refractivity contribution in [1.82, 2.24) is 0 Å². The molecule has 1 aliphatic rings. The molecule has 0 saturated carbocycles. The van der Waals surface area contributed by atoms with Crippen LogP contribution >= 0.6 is 0 Å². The van der Waals surface area contributed by atoms with Crippen LogP contribution in [-0.4, -0.2) is 13.1 Å². The second kappa shape index (κ2) is 7.63. The molecule has 0 atom stereocenters. The van der Waals surface area contributed by atoms with Gasteiger partial charge in [0.2, 0.25) is 0 Å². The van der Waals surface area contributed by atoms with Crippen LogP contribution in [0, 0.1) is 0 Å². The summed E-state index contributed by atoms with van der Waals surface area (Å²) in [6, 6.07) is 10.5. The van der Waals surface area contributed by atoms with Gasteiger partial charge < -0.3 is 4.90 Å². The molecule has 0 bridgehead atoms. The predicted molar refractivity (Wildman–Crippen MR) is 84.5 cm³/mol. The normalized spacial score (nSPS) is 15.3. The number of para-hydroxylation sites is 1. The lowest BCUT2D eigenvalue weighted by Crippen LogP contribution is -2.23. The highest BCUT2D eigenvalue weighted by molar-refractivity contribution is 5.47. The van der Waals surface area contributed by atoms with E-state index in [1.807, 2.05) is 6.08 Å². The van der Waals surface area contributed by atoms with Crippen molar-refractivity contribution in [2.45, 2.75) is 25.7 Å². The first kappa shape index (κ1) is 13.7. The third kappa shape index (κ3) is 4.44. The highest BCUT2D eigenvalue weighted by atomic mass is 15.1. The Morgan fingerprint density at radius 3 is 2.63 bits per heavy atom. The summed E-state index contributed by atoms with van der Waals surface area (Å²) < 4.78 is 0. The first-order valence-corrected chi connectivity index (χ1v) is 7.16. The van der Waals surface area contributed by atoms with Crippen LogP contribution in [0.2, 0.25) is 0 Å². The fourth-order valence-electron chi connectivity index (χ4n) is 2.43. The van der Waals surface area contributed by atoms with E-state index in [4.69, 9.17) is 0 Å². The van der Waals surface area contributed by atoms with E-state index in [1.165, 1.54) is 36.9 Å². The van der Waals surface area contributed by atoms with Gasteiger partial charge in [0.25, 0.3) is 0 Å². The van der Waals surface area contributed by atoms with Gasteiger partial charge in [0.1, 0.15) is 0 Å². The third-order valence-electron chi connectivity index (χ3n) is 3.45. The summed E-state index contributed by atoms with van der Waals surface area (Å²) >= 11 is 0. The van der Waals surface area contributed by atoms with Gasteiger partial charge >= 0.3 is 0 Å². The van der Waals surface area contributed by atoms with Crippen molar-refractivity contribution in [2.24, 2.45) is 0 Å². The lowest BCUT2D eigenvalue weighted by atomic mass is 9.99. The van der Waals surface area contributed by atoms with E-state index in [-0.39, 0.29) is 0 Å². The molecule has 100 valence electrons. The van der Waals surface area contributed by atoms with Gasteiger partial charge in [-0.3, -0.25) is 0 Å². The SMILES string of the molecule is C=CCN(C/C=C/C1=CCCCC1)c1ccccc1. The van der Waals surface area contributed by atoms with Crippen LogP contribution in [0.1, 0.15) is 25.7 Å². The topological polar surface area (TPSA) is 3.24 Å². The van der Waals surface area contributed by atoms with Crippen LogP contribution in [-0.2, 0) is 0 Å². The lowest BCUT2D eigenvalue weighted by molar-refractivity contribution is 0.711. The van der Waals surface area contributed by atoms with Crippen LogP contribution in [0.15, 0.2) is 66.8 Å². The zero-order valence-electron chi connectivity index (χ0n) is 11.6. The number of benzene rings is 1. The molecule has 1 nitrogen and oxygen atoms in total. The Morgan fingerprint density at radius 1 is 1.11 bits per heavy atom. The second-order valence-electron chi connectivity index (χ2n) is 4.96. The second-order valence-corrected chi connectivity index (χ2v) is 4.96. The van der Waals surface area contributed by atoms with Crippen LogP contribution in [0.5, 0.6) is 0 Å². The molecule has 1 aromatic carbocycles. The maximum atomic E-state index is 3.85. The fraction of sp³-hybridized carbons (Fsp3) is 0.333. The molecule has 0 aromatic heterocycles. The van der Waals surface area contributed by atoms with Crippen molar-refractivity contribution < 1.29 is 0 Å². The highest BCUT2D eigenvalue weighted by Crippen LogP contribution is 2.18. The van der Waals surface area contributed by atoms with Crippen molar-refractivity contribution >= 4 is 5.69 Å². The Morgan fingerprint density at radius 2 is 1.95 bits per heavy atom. The van der Waals surface area contributed by atoms with Gasteiger partial charge in [0.15, 0.2) is 0 Å². The number of hydrogen-bond acceptors (Lipinski definition) is 1. The van der Waals surface area contributed by atoms with Gasteiger partial charge in [0.05, 0.1) is 0 Å². The number of hydrogen-bond donors (Lipinski definition) is 0. The van der Waals surface area contributed by atoms with E-state index in [1.54, 1.807) is 0 Å². The molecular formula is C18H23N. The van der Waals surface area contributed by atoms with Crippen molar-refractivity contribution in [2.75, 3.05) is 18.0 Å². The standard InChI is InChI=1S/C18H23N/c1-2-15-19(18-13-7-4-8-14-18)16-9-12-17-10-5-3-6-11-17/h2,4,7-10,12-14H,1,3,5-6,11,15-16H2/b12-9+. The first-order valence-electron chi connectivity index (χ1n) is 7.16. The van der Waals surface area contributed by atoms with Crippen LogP contribution in [0.25, 0.3) is 0 Å². The Balaban J connectivity index is 1.95. The van der Waals surface area contributed by atoms with Gasteiger partial charge in [-0.1, -0.05) is 48.1 Å². The first-order chi connectivity index (χ1) is 9.40. The van der Waals surface area contributed by atoms with Gasteiger partial charge in [-0.05, 0) is 37.8 Å². The summed E-state index contributed by atoms with van der Waals surface area (Å²) in [5.74, 6) is 0. The number of nitrogens with zero attached hydrogens (tertiary/aromatic N) is 1. The van der Waals surface area contributed by atoms with E-state index in [2.05, 4.69) is 60.0 Å². The molecule has 0 heterocycles. The van der Waals surface area contributed by atoms with Gasteiger partial charge in [-0.2, -0.15) is 0 Å². The Kier molecular flexibility index (Phi) is 5.49. The number of anilines is 1. The fourth-order valence-corrected chi connectivity index (χ4v) is 2.43.